The normalized spacial score (nSPS) is 21.9. The number of hydrogen-bond acceptors (Lipinski definition) is 3. The van der Waals surface area contributed by atoms with Gasteiger partial charge < -0.3 is 9.42 Å². The average Bonchev–Trinajstić information content (AvgIpc) is 2.48. The van der Waals surface area contributed by atoms with Crippen LogP contribution in [0.3, 0.4) is 0 Å². The molecule has 72 valence electrons. The second-order valence-corrected chi connectivity index (χ2v) is 3.74. The van der Waals surface area contributed by atoms with Gasteiger partial charge in [0.25, 0.3) is 5.56 Å². The fraction of sp³-hybridized carbons (Fsp3) is 0.667. The zero-order valence-electron chi connectivity index (χ0n) is 7.96. The number of aromatic amines is 1. The predicted octanol–water partition coefficient (Wildman–Crippen LogP) is 0.907. The second kappa shape index (κ2) is 3.03. The maximum atomic E-state index is 11.4. The maximum Gasteiger partial charge on any atom is 0.284 e. The summed E-state index contributed by atoms with van der Waals surface area (Å²) in [6.45, 7) is 0. The van der Waals surface area contributed by atoms with Crippen LogP contribution in [0.25, 0.3) is 0 Å². The van der Waals surface area contributed by atoms with Crippen LogP contribution >= 0.6 is 0 Å². The molecule has 2 rings (SSSR count). The summed E-state index contributed by atoms with van der Waals surface area (Å²) in [5.74, 6) is 0.843. The number of nitrogens with zero attached hydrogens (tertiary/aromatic N) is 1. The van der Waals surface area contributed by atoms with Crippen molar-refractivity contribution in [3.8, 4) is 0 Å². The Morgan fingerprint density at radius 2 is 2.31 bits per heavy atom. The molecule has 0 radical (unpaired) electrons. The molecular formula is C9H14N2O2. The molecule has 1 aromatic rings. The molecule has 1 aromatic heterocycles. The summed E-state index contributed by atoms with van der Waals surface area (Å²) in [5, 5.41) is 2.41. The van der Waals surface area contributed by atoms with E-state index in [1.807, 2.05) is 14.1 Å². The Kier molecular flexibility index (Phi) is 2.00. The monoisotopic (exact) mass is 182 g/mol. The van der Waals surface area contributed by atoms with Gasteiger partial charge in [0.2, 0.25) is 0 Å². The smallest absolute Gasteiger partial charge is 0.284 e. The summed E-state index contributed by atoms with van der Waals surface area (Å²) < 4.78 is 5.10. The van der Waals surface area contributed by atoms with Crippen LogP contribution < -0.4 is 5.56 Å². The summed E-state index contributed by atoms with van der Waals surface area (Å²) in [4.78, 5) is 13.5. The minimum Gasteiger partial charge on any atom is -0.383 e. The Morgan fingerprint density at radius 3 is 3.00 bits per heavy atom. The number of hydrogen-bond donors (Lipinski definition) is 1. The van der Waals surface area contributed by atoms with E-state index in [4.69, 9.17) is 4.52 Å². The van der Waals surface area contributed by atoms with Crippen LogP contribution in [0.4, 0.5) is 0 Å². The largest absolute Gasteiger partial charge is 0.383 e. The molecule has 0 aliphatic heterocycles. The topological polar surface area (TPSA) is 49.2 Å². The van der Waals surface area contributed by atoms with E-state index in [-0.39, 0.29) is 11.6 Å². The van der Waals surface area contributed by atoms with Gasteiger partial charge in [-0.25, -0.2) is 0 Å². The number of fused-ring (bicyclic) bond motifs is 1. The van der Waals surface area contributed by atoms with Crippen LogP contribution in [0.5, 0.6) is 0 Å². The highest BCUT2D eigenvalue weighted by Gasteiger charge is 2.27. The summed E-state index contributed by atoms with van der Waals surface area (Å²) in [6, 6.07) is 0.228. The summed E-state index contributed by atoms with van der Waals surface area (Å²) in [6.07, 6.45) is 3.03. The van der Waals surface area contributed by atoms with Crippen LogP contribution in [0, 0.1) is 0 Å². The number of H-pyrrole nitrogens is 1. The van der Waals surface area contributed by atoms with E-state index in [9.17, 15) is 4.79 Å². The Balaban J connectivity index is 2.46. The van der Waals surface area contributed by atoms with Crippen LogP contribution in [0.1, 0.15) is 30.2 Å². The van der Waals surface area contributed by atoms with Gasteiger partial charge in [-0.05, 0) is 26.9 Å². The molecule has 0 saturated heterocycles. The second-order valence-electron chi connectivity index (χ2n) is 3.74. The standard InChI is InChI=1S/C9H14N2O2/c1-11(2)6-4-3-5-7-8(6)9(12)10-13-7/h6H,3-5H2,1-2H3,(H,10,12)/t6-/m0/s1. The van der Waals surface area contributed by atoms with Gasteiger partial charge >= 0.3 is 0 Å². The van der Waals surface area contributed by atoms with Gasteiger partial charge in [-0.3, -0.25) is 4.79 Å². The number of aromatic nitrogens is 1. The lowest BCUT2D eigenvalue weighted by Crippen LogP contribution is -2.27. The van der Waals surface area contributed by atoms with E-state index in [0.29, 0.717) is 0 Å². The van der Waals surface area contributed by atoms with Gasteiger partial charge in [0.15, 0.2) is 0 Å². The van der Waals surface area contributed by atoms with Crippen molar-refractivity contribution in [2.24, 2.45) is 0 Å². The first-order chi connectivity index (χ1) is 6.20. The Morgan fingerprint density at radius 1 is 1.54 bits per heavy atom. The summed E-state index contributed by atoms with van der Waals surface area (Å²) in [7, 11) is 3.98. The van der Waals surface area contributed by atoms with Crippen LogP contribution in [0.15, 0.2) is 9.32 Å². The van der Waals surface area contributed by atoms with E-state index in [2.05, 4.69) is 10.1 Å². The molecular weight excluding hydrogens is 168 g/mol. The molecule has 13 heavy (non-hydrogen) atoms. The molecule has 1 aliphatic rings. The Bertz CT molecular complexity index is 351. The molecule has 0 amide bonds. The van der Waals surface area contributed by atoms with Crippen LogP contribution in [0.2, 0.25) is 0 Å². The quantitative estimate of drug-likeness (QED) is 0.702. The fourth-order valence-electron chi connectivity index (χ4n) is 1.98. The molecule has 4 nitrogen and oxygen atoms in total. The zero-order chi connectivity index (χ0) is 9.42. The third kappa shape index (κ3) is 1.31. The Labute approximate surface area is 76.5 Å². The molecule has 0 spiro atoms. The highest BCUT2D eigenvalue weighted by atomic mass is 16.5. The fourth-order valence-corrected chi connectivity index (χ4v) is 1.98. The third-order valence-electron chi connectivity index (χ3n) is 2.65. The lowest BCUT2D eigenvalue weighted by molar-refractivity contribution is 0.256. The maximum absolute atomic E-state index is 11.4. The van der Waals surface area contributed by atoms with Crippen molar-refractivity contribution < 1.29 is 4.52 Å². The van der Waals surface area contributed by atoms with E-state index >= 15 is 0 Å². The number of aryl methyl sites for hydroxylation is 1. The van der Waals surface area contributed by atoms with Crippen molar-refractivity contribution in [3.63, 3.8) is 0 Å². The van der Waals surface area contributed by atoms with Crippen molar-refractivity contribution in [3.05, 3.63) is 21.7 Å². The number of nitrogens with one attached hydrogen (secondary N) is 1. The van der Waals surface area contributed by atoms with Crippen molar-refractivity contribution in [1.82, 2.24) is 10.1 Å². The minimum absolute atomic E-state index is 0.0617. The minimum atomic E-state index is -0.0617. The molecule has 0 unspecified atom stereocenters. The average molecular weight is 182 g/mol. The molecule has 0 fully saturated rings. The van der Waals surface area contributed by atoms with Crippen molar-refractivity contribution in [2.45, 2.75) is 25.3 Å². The van der Waals surface area contributed by atoms with Gasteiger partial charge in [-0.2, -0.15) is 5.16 Å². The summed E-state index contributed by atoms with van der Waals surface area (Å²) in [5.41, 5.74) is 0.768. The molecule has 1 N–H and O–H groups in total. The molecule has 0 saturated carbocycles. The van der Waals surface area contributed by atoms with Crippen LogP contribution in [-0.4, -0.2) is 24.2 Å². The predicted molar refractivity (Wildman–Crippen MR) is 48.7 cm³/mol. The van der Waals surface area contributed by atoms with E-state index < -0.39 is 0 Å². The summed E-state index contributed by atoms with van der Waals surface area (Å²) >= 11 is 0. The van der Waals surface area contributed by atoms with Gasteiger partial charge in [0.1, 0.15) is 5.76 Å². The molecule has 4 heteroatoms. The highest BCUT2D eigenvalue weighted by Crippen LogP contribution is 2.29. The number of rotatable bonds is 1. The third-order valence-corrected chi connectivity index (χ3v) is 2.65. The lowest BCUT2D eigenvalue weighted by Gasteiger charge is -2.26. The molecule has 0 bridgehead atoms. The van der Waals surface area contributed by atoms with Crippen molar-refractivity contribution in [1.29, 1.82) is 0 Å². The van der Waals surface area contributed by atoms with E-state index in [1.54, 1.807) is 0 Å². The van der Waals surface area contributed by atoms with Crippen molar-refractivity contribution in [2.75, 3.05) is 14.1 Å². The van der Waals surface area contributed by atoms with Gasteiger partial charge in [-0.1, -0.05) is 0 Å². The molecule has 0 aromatic carbocycles. The highest BCUT2D eigenvalue weighted by molar-refractivity contribution is 5.21. The molecule has 1 aliphatic carbocycles. The zero-order valence-corrected chi connectivity index (χ0v) is 7.96. The van der Waals surface area contributed by atoms with Gasteiger partial charge in [0.05, 0.1) is 5.56 Å². The SMILES string of the molecule is CN(C)[C@H]1CCCc2o[nH]c(=O)c21. The van der Waals surface area contributed by atoms with Crippen LogP contribution in [-0.2, 0) is 6.42 Å². The first-order valence-corrected chi connectivity index (χ1v) is 4.57. The first-order valence-electron chi connectivity index (χ1n) is 4.57. The van der Waals surface area contributed by atoms with Gasteiger partial charge in [-0.15, -0.1) is 0 Å². The molecule has 1 atom stereocenters. The lowest BCUT2D eigenvalue weighted by atomic mass is 9.93. The molecule has 1 heterocycles. The van der Waals surface area contributed by atoms with E-state index in [0.717, 1.165) is 30.6 Å². The van der Waals surface area contributed by atoms with Crippen molar-refractivity contribution >= 4 is 0 Å². The first kappa shape index (κ1) is 8.56. The van der Waals surface area contributed by atoms with E-state index in [1.165, 1.54) is 0 Å². The van der Waals surface area contributed by atoms with Gasteiger partial charge in [0, 0.05) is 12.5 Å². The Hall–Kier alpha value is -1.03.